The summed E-state index contributed by atoms with van der Waals surface area (Å²) in [5, 5.41) is 3.00. The van der Waals surface area contributed by atoms with Gasteiger partial charge in [-0.2, -0.15) is 11.8 Å². The summed E-state index contributed by atoms with van der Waals surface area (Å²) in [7, 11) is 0. The van der Waals surface area contributed by atoms with Crippen LogP contribution in [-0.2, 0) is 9.53 Å². The molecule has 0 spiro atoms. The lowest BCUT2D eigenvalue weighted by molar-refractivity contribution is -0.171. The van der Waals surface area contributed by atoms with Crippen LogP contribution >= 0.6 is 11.8 Å². The van der Waals surface area contributed by atoms with Crippen LogP contribution in [0.1, 0.15) is 34.1 Å². The van der Waals surface area contributed by atoms with Crippen LogP contribution in [-0.4, -0.2) is 42.2 Å². The van der Waals surface area contributed by atoms with E-state index >= 15 is 0 Å². The van der Waals surface area contributed by atoms with E-state index in [9.17, 15) is 4.79 Å². The number of carbonyl (C=O) groups is 1. The second-order valence-electron chi connectivity index (χ2n) is 5.67. The second-order valence-corrected chi connectivity index (χ2v) is 6.58. The first-order valence-electron chi connectivity index (χ1n) is 6.50. The van der Waals surface area contributed by atoms with Gasteiger partial charge in [0.2, 0.25) is 5.91 Å². The summed E-state index contributed by atoms with van der Waals surface area (Å²) < 4.78 is 5.63. The van der Waals surface area contributed by atoms with E-state index in [2.05, 4.69) is 5.32 Å². The van der Waals surface area contributed by atoms with Gasteiger partial charge in [0, 0.05) is 30.2 Å². The quantitative estimate of drug-likeness (QED) is 0.768. The zero-order valence-corrected chi connectivity index (χ0v) is 12.9. The van der Waals surface area contributed by atoms with E-state index in [-0.39, 0.29) is 23.5 Å². The third kappa shape index (κ3) is 2.68. The van der Waals surface area contributed by atoms with Crippen LogP contribution in [0.25, 0.3) is 0 Å². The highest BCUT2D eigenvalue weighted by Gasteiger charge is 2.62. The Hall–Kier alpha value is -0.260. The number of amides is 1. The summed E-state index contributed by atoms with van der Waals surface area (Å²) in [5.41, 5.74) is 5.17. The molecule has 0 saturated heterocycles. The third-order valence-electron chi connectivity index (χ3n) is 4.03. The molecule has 106 valence electrons. The van der Waals surface area contributed by atoms with Crippen LogP contribution in [0.5, 0.6) is 0 Å². The van der Waals surface area contributed by atoms with E-state index in [1.807, 2.05) is 34.0 Å². The maximum Gasteiger partial charge on any atom is 0.241 e. The van der Waals surface area contributed by atoms with Gasteiger partial charge in [0.15, 0.2) is 0 Å². The number of nitrogens with two attached hydrogens (primary N) is 1. The van der Waals surface area contributed by atoms with Crippen LogP contribution in [0, 0.1) is 5.41 Å². The summed E-state index contributed by atoms with van der Waals surface area (Å²) in [6, 6.07) is 0.148. The van der Waals surface area contributed by atoms with Crippen molar-refractivity contribution < 1.29 is 9.53 Å². The zero-order chi connectivity index (χ0) is 14.0. The topological polar surface area (TPSA) is 64.3 Å². The molecule has 1 fully saturated rings. The molecule has 1 amide bonds. The molecule has 0 aromatic carbocycles. The van der Waals surface area contributed by atoms with Gasteiger partial charge in [-0.15, -0.1) is 0 Å². The molecule has 0 bridgehead atoms. The van der Waals surface area contributed by atoms with E-state index in [1.165, 1.54) is 0 Å². The van der Waals surface area contributed by atoms with Crippen molar-refractivity contribution in [2.24, 2.45) is 11.1 Å². The molecule has 4 nitrogen and oxygen atoms in total. The molecule has 3 atom stereocenters. The Morgan fingerprint density at radius 3 is 2.67 bits per heavy atom. The highest BCUT2D eigenvalue weighted by Crippen LogP contribution is 2.49. The average Bonchev–Trinajstić information content (AvgIpc) is 2.28. The highest BCUT2D eigenvalue weighted by molar-refractivity contribution is 7.98. The molecular weight excluding hydrogens is 248 g/mol. The second kappa shape index (κ2) is 5.80. The number of nitrogens with one attached hydrogen (secondary N) is 1. The van der Waals surface area contributed by atoms with Gasteiger partial charge < -0.3 is 15.8 Å². The molecule has 3 N–H and O–H groups in total. The van der Waals surface area contributed by atoms with Gasteiger partial charge in [-0.05, 0) is 20.1 Å². The van der Waals surface area contributed by atoms with E-state index in [0.29, 0.717) is 13.0 Å². The Labute approximate surface area is 114 Å². The summed E-state index contributed by atoms with van der Waals surface area (Å²) in [6.45, 7) is 8.65. The van der Waals surface area contributed by atoms with E-state index in [1.54, 1.807) is 11.8 Å². The van der Waals surface area contributed by atoms with Crippen molar-refractivity contribution in [3.8, 4) is 0 Å². The van der Waals surface area contributed by atoms with Gasteiger partial charge in [-0.3, -0.25) is 4.79 Å². The van der Waals surface area contributed by atoms with Crippen molar-refractivity contribution in [2.45, 2.75) is 51.8 Å². The largest absolute Gasteiger partial charge is 0.378 e. The minimum absolute atomic E-state index is 0.0509. The van der Waals surface area contributed by atoms with Crippen molar-refractivity contribution in [1.82, 2.24) is 5.32 Å². The Balaban J connectivity index is 2.63. The molecule has 1 saturated carbocycles. The van der Waals surface area contributed by atoms with Crippen LogP contribution in [0.4, 0.5) is 0 Å². The van der Waals surface area contributed by atoms with Crippen molar-refractivity contribution in [2.75, 3.05) is 18.6 Å². The number of rotatable bonds is 6. The Kier molecular flexibility index (Phi) is 5.09. The lowest BCUT2D eigenvalue weighted by atomic mass is 9.54. The number of thioether (sulfide) groups is 1. The molecule has 0 aliphatic heterocycles. The first kappa shape index (κ1) is 15.8. The van der Waals surface area contributed by atoms with Crippen molar-refractivity contribution in [1.29, 1.82) is 0 Å². The SMILES string of the molecule is CCOC1CC(N)(C(=O)NC(C)CSC)C1(C)C. The maximum atomic E-state index is 12.3. The number of hydrogen-bond acceptors (Lipinski definition) is 4. The predicted octanol–water partition coefficient (Wildman–Crippen LogP) is 1.39. The fourth-order valence-corrected chi connectivity index (χ4v) is 3.05. The molecule has 0 heterocycles. The van der Waals surface area contributed by atoms with Gasteiger partial charge >= 0.3 is 0 Å². The number of ether oxygens (including phenoxy) is 1. The lowest BCUT2D eigenvalue weighted by Crippen LogP contribution is -2.76. The van der Waals surface area contributed by atoms with E-state index in [4.69, 9.17) is 10.5 Å². The number of carbonyl (C=O) groups excluding carboxylic acids is 1. The lowest BCUT2D eigenvalue weighted by Gasteiger charge is -2.57. The van der Waals surface area contributed by atoms with Crippen LogP contribution < -0.4 is 11.1 Å². The first-order chi connectivity index (χ1) is 8.29. The van der Waals surface area contributed by atoms with Gasteiger partial charge in [0.1, 0.15) is 5.54 Å². The summed E-state index contributed by atoms with van der Waals surface area (Å²) in [4.78, 5) is 12.3. The predicted molar refractivity (Wildman–Crippen MR) is 76.7 cm³/mol. The van der Waals surface area contributed by atoms with Gasteiger partial charge in [-0.25, -0.2) is 0 Å². The monoisotopic (exact) mass is 274 g/mol. The average molecular weight is 274 g/mol. The number of hydrogen-bond donors (Lipinski definition) is 2. The fourth-order valence-electron chi connectivity index (χ4n) is 2.46. The summed E-state index contributed by atoms with van der Waals surface area (Å²) in [5.74, 6) is 0.849. The molecular formula is C13H26N2O2S. The molecule has 18 heavy (non-hydrogen) atoms. The van der Waals surface area contributed by atoms with Crippen molar-refractivity contribution in [3.63, 3.8) is 0 Å². The molecule has 0 aromatic rings. The Morgan fingerprint density at radius 2 is 2.22 bits per heavy atom. The highest BCUT2D eigenvalue weighted by atomic mass is 32.2. The summed E-state index contributed by atoms with van der Waals surface area (Å²) in [6.07, 6.45) is 2.71. The Morgan fingerprint density at radius 1 is 1.61 bits per heavy atom. The van der Waals surface area contributed by atoms with Crippen molar-refractivity contribution >= 4 is 17.7 Å². The molecule has 3 unspecified atom stereocenters. The molecule has 5 heteroatoms. The van der Waals surface area contributed by atoms with Crippen molar-refractivity contribution in [3.05, 3.63) is 0 Å². The molecule has 1 rings (SSSR count). The smallest absolute Gasteiger partial charge is 0.241 e. The Bertz CT molecular complexity index is 309. The van der Waals surface area contributed by atoms with Gasteiger partial charge in [0.05, 0.1) is 6.10 Å². The summed E-state index contributed by atoms with van der Waals surface area (Å²) >= 11 is 1.72. The van der Waals surface area contributed by atoms with Gasteiger partial charge in [-0.1, -0.05) is 13.8 Å². The van der Waals surface area contributed by atoms with Crippen LogP contribution in [0.3, 0.4) is 0 Å². The van der Waals surface area contributed by atoms with E-state index < -0.39 is 5.54 Å². The van der Waals surface area contributed by atoms with Gasteiger partial charge in [0.25, 0.3) is 0 Å². The molecule has 1 aliphatic rings. The fraction of sp³-hybridized carbons (Fsp3) is 0.923. The molecule has 0 aromatic heterocycles. The standard InChI is InChI=1S/C13H26N2O2S/c1-6-17-10-7-13(14,12(10,3)4)11(16)15-9(2)8-18-5/h9-10H,6-8,14H2,1-5H3,(H,15,16). The first-order valence-corrected chi connectivity index (χ1v) is 7.89. The third-order valence-corrected chi connectivity index (χ3v) is 4.86. The minimum Gasteiger partial charge on any atom is -0.378 e. The maximum absolute atomic E-state index is 12.3. The zero-order valence-electron chi connectivity index (χ0n) is 12.1. The molecule has 1 aliphatic carbocycles. The van der Waals surface area contributed by atoms with E-state index in [0.717, 1.165) is 5.75 Å². The minimum atomic E-state index is -0.806. The van der Waals surface area contributed by atoms with Crippen LogP contribution in [0.2, 0.25) is 0 Å². The normalized spacial score (nSPS) is 31.6. The van der Waals surface area contributed by atoms with Crippen LogP contribution in [0.15, 0.2) is 0 Å². The molecule has 0 radical (unpaired) electrons.